The topological polar surface area (TPSA) is 20.3 Å². The summed E-state index contributed by atoms with van der Waals surface area (Å²) in [4.78, 5) is 14.6. The van der Waals surface area contributed by atoms with Crippen LogP contribution in [0.15, 0.2) is 66.7 Å². The molecule has 0 spiro atoms. The molecule has 2 aliphatic rings. The Hall–Kier alpha value is -2.26. The molecule has 1 saturated heterocycles. The van der Waals surface area contributed by atoms with Crippen molar-refractivity contribution in [3.63, 3.8) is 0 Å². The number of benzene rings is 3. The fourth-order valence-electron chi connectivity index (χ4n) is 3.99. The molecule has 2 heterocycles. The molecule has 3 heteroatoms. The summed E-state index contributed by atoms with van der Waals surface area (Å²) in [6.45, 7) is 0.807. The molecule has 0 saturated carbocycles. The molecule has 23 heavy (non-hydrogen) atoms. The average Bonchev–Trinajstić information content (AvgIpc) is 3.14. The van der Waals surface area contributed by atoms with Crippen LogP contribution in [0.2, 0.25) is 0 Å². The van der Waals surface area contributed by atoms with Crippen LogP contribution in [0, 0.1) is 0 Å². The van der Waals surface area contributed by atoms with Gasteiger partial charge in [-0.05, 0) is 16.8 Å². The van der Waals surface area contributed by atoms with Crippen molar-refractivity contribution < 1.29 is 4.79 Å². The Bertz CT molecular complexity index is 946. The molecule has 3 aromatic rings. The lowest BCUT2D eigenvalue weighted by molar-refractivity contribution is 0.0753. The fourth-order valence-corrected chi connectivity index (χ4v) is 5.55. The summed E-state index contributed by atoms with van der Waals surface area (Å²) in [6, 6.07) is 23.0. The predicted molar refractivity (Wildman–Crippen MR) is 94.7 cm³/mol. The normalized spacial score (nSPS) is 22.4. The van der Waals surface area contributed by atoms with Crippen LogP contribution < -0.4 is 0 Å². The lowest BCUT2D eigenvalue weighted by atomic mass is 9.92. The number of carbonyl (C=O) groups is 1. The van der Waals surface area contributed by atoms with E-state index in [0.717, 1.165) is 23.4 Å². The molecule has 1 amide bonds. The number of rotatable bonds is 1. The number of carbonyl (C=O) groups excluding carboxylic acids is 1. The van der Waals surface area contributed by atoms with E-state index in [1.165, 1.54) is 16.3 Å². The lowest BCUT2D eigenvalue weighted by Crippen LogP contribution is -2.37. The van der Waals surface area contributed by atoms with Crippen molar-refractivity contribution in [1.82, 2.24) is 4.90 Å². The minimum absolute atomic E-state index is 0.165. The van der Waals surface area contributed by atoms with Gasteiger partial charge in [-0.15, -0.1) is 11.8 Å². The minimum Gasteiger partial charge on any atom is -0.315 e. The van der Waals surface area contributed by atoms with Gasteiger partial charge in [0, 0.05) is 29.0 Å². The zero-order chi connectivity index (χ0) is 15.4. The summed E-state index contributed by atoms with van der Waals surface area (Å²) in [5.74, 6) is 1.14. The standard InChI is InChI=1S/C20H15NOS/c22-19-16-9-3-4-10-18(16)20(21(19)12-13-23-20)17-11-5-7-14-6-1-2-8-15(14)17/h1-11H,12-13H2/t20-/m1/s1. The molecule has 0 unspecified atom stereocenters. The van der Waals surface area contributed by atoms with Gasteiger partial charge in [-0.1, -0.05) is 60.7 Å². The first kappa shape index (κ1) is 13.2. The van der Waals surface area contributed by atoms with E-state index in [-0.39, 0.29) is 10.8 Å². The number of thioether (sulfide) groups is 1. The smallest absolute Gasteiger partial charge is 0.255 e. The highest BCUT2D eigenvalue weighted by atomic mass is 32.2. The molecule has 0 bridgehead atoms. The summed E-state index contributed by atoms with van der Waals surface area (Å²) in [7, 11) is 0. The van der Waals surface area contributed by atoms with Crippen molar-refractivity contribution in [1.29, 1.82) is 0 Å². The van der Waals surface area contributed by atoms with Crippen LogP contribution in [0.5, 0.6) is 0 Å². The van der Waals surface area contributed by atoms with E-state index < -0.39 is 0 Å². The lowest BCUT2D eigenvalue weighted by Gasteiger charge is -2.33. The quantitative estimate of drug-likeness (QED) is 0.669. The number of fused-ring (bicyclic) bond motifs is 4. The van der Waals surface area contributed by atoms with Gasteiger partial charge >= 0.3 is 0 Å². The number of hydrogen-bond donors (Lipinski definition) is 0. The molecule has 0 aromatic heterocycles. The maximum atomic E-state index is 12.9. The first-order chi connectivity index (χ1) is 11.3. The van der Waals surface area contributed by atoms with Crippen LogP contribution in [0.25, 0.3) is 10.8 Å². The van der Waals surface area contributed by atoms with E-state index in [1.807, 2.05) is 30.0 Å². The van der Waals surface area contributed by atoms with Crippen molar-refractivity contribution >= 4 is 28.4 Å². The Labute approximate surface area is 139 Å². The van der Waals surface area contributed by atoms with Crippen molar-refractivity contribution in [3.8, 4) is 0 Å². The number of amides is 1. The second-order valence-electron chi connectivity index (χ2n) is 6.02. The molecule has 3 aromatic carbocycles. The summed E-state index contributed by atoms with van der Waals surface area (Å²) >= 11 is 1.88. The van der Waals surface area contributed by atoms with Crippen molar-refractivity contribution in [2.75, 3.05) is 12.3 Å². The Balaban J connectivity index is 1.89. The summed E-state index contributed by atoms with van der Waals surface area (Å²) in [5.41, 5.74) is 3.23. The number of nitrogens with zero attached hydrogens (tertiary/aromatic N) is 1. The molecule has 0 N–H and O–H groups in total. The van der Waals surface area contributed by atoms with E-state index >= 15 is 0 Å². The summed E-state index contributed by atoms with van der Waals surface area (Å²) in [5, 5.41) is 2.46. The van der Waals surface area contributed by atoms with Crippen LogP contribution in [0.3, 0.4) is 0 Å². The van der Waals surface area contributed by atoms with Crippen molar-refractivity contribution in [2.24, 2.45) is 0 Å². The fraction of sp³-hybridized carbons (Fsp3) is 0.150. The largest absolute Gasteiger partial charge is 0.315 e. The first-order valence-corrected chi connectivity index (χ1v) is 8.84. The van der Waals surface area contributed by atoms with Crippen LogP contribution in [0.1, 0.15) is 21.5 Å². The molecule has 0 aliphatic carbocycles. The van der Waals surface area contributed by atoms with Gasteiger partial charge < -0.3 is 4.90 Å². The predicted octanol–water partition coefficient (Wildman–Crippen LogP) is 4.24. The molecule has 1 fully saturated rings. The average molecular weight is 317 g/mol. The van der Waals surface area contributed by atoms with Gasteiger partial charge in [-0.25, -0.2) is 0 Å². The highest BCUT2D eigenvalue weighted by Gasteiger charge is 2.54. The molecular formula is C20H15NOS. The third-order valence-electron chi connectivity index (χ3n) is 4.93. The number of hydrogen-bond acceptors (Lipinski definition) is 2. The van der Waals surface area contributed by atoms with Gasteiger partial charge in [0.2, 0.25) is 0 Å². The monoisotopic (exact) mass is 317 g/mol. The second-order valence-corrected chi connectivity index (χ2v) is 7.31. The van der Waals surface area contributed by atoms with Crippen LogP contribution in [0.4, 0.5) is 0 Å². The zero-order valence-corrected chi connectivity index (χ0v) is 13.3. The maximum Gasteiger partial charge on any atom is 0.255 e. The molecular weight excluding hydrogens is 302 g/mol. The van der Waals surface area contributed by atoms with E-state index in [1.54, 1.807) is 0 Å². The molecule has 5 rings (SSSR count). The third-order valence-corrected chi connectivity index (χ3v) is 6.39. The van der Waals surface area contributed by atoms with Crippen LogP contribution in [-0.2, 0) is 4.87 Å². The Kier molecular flexibility index (Phi) is 2.65. The molecule has 2 nitrogen and oxygen atoms in total. The van der Waals surface area contributed by atoms with Gasteiger partial charge in [0.25, 0.3) is 5.91 Å². The maximum absolute atomic E-state index is 12.9. The third kappa shape index (κ3) is 1.58. The highest BCUT2D eigenvalue weighted by Crippen LogP contribution is 2.56. The Morgan fingerprint density at radius 2 is 1.61 bits per heavy atom. The summed E-state index contributed by atoms with van der Waals surface area (Å²) in [6.07, 6.45) is 0. The Morgan fingerprint density at radius 3 is 2.57 bits per heavy atom. The van der Waals surface area contributed by atoms with Crippen molar-refractivity contribution in [3.05, 3.63) is 83.4 Å². The van der Waals surface area contributed by atoms with Crippen LogP contribution >= 0.6 is 11.8 Å². The highest BCUT2D eigenvalue weighted by molar-refractivity contribution is 8.00. The van der Waals surface area contributed by atoms with E-state index in [0.29, 0.717) is 0 Å². The summed E-state index contributed by atoms with van der Waals surface area (Å²) < 4.78 is 0. The molecule has 2 aliphatic heterocycles. The minimum atomic E-state index is -0.367. The molecule has 0 radical (unpaired) electrons. The zero-order valence-electron chi connectivity index (χ0n) is 12.5. The van der Waals surface area contributed by atoms with E-state index in [4.69, 9.17) is 0 Å². The van der Waals surface area contributed by atoms with Gasteiger partial charge in [-0.2, -0.15) is 0 Å². The first-order valence-electron chi connectivity index (χ1n) is 7.86. The second kappa shape index (κ2) is 4.62. The Morgan fingerprint density at radius 1 is 0.870 bits per heavy atom. The molecule has 112 valence electrons. The van der Waals surface area contributed by atoms with Gasteiger partial charge in [0.15, 0.2) is 0 Å². The van der Waals surface area contributed by atoms with E-state index in [9.17, 15) is 4.79 Å². The molecule has 1 atom stereocenters. The van der Waals surface area contributed by atoms with Gasteiger partial charge in [-0.3, -0.25) is 4.79 Å². The van der Waals surface area contributed by atoms with Gasteiger partial charge in [0.1, 0.15) is 4.87 Å². The van der Waals surface area contributed by atoms with Crippen LogP contribution in [-0.4, -0.2) is 23.1 Å². The SMILES string of the molecule is O=C1c2ccccc2[C@@]2(c3cccc4ccccc34)SCCN12. The van der Waals surface area contributed by atoms with Gasteiger partial charge in [0.05, 0.1) is 0 Å². The van der Waals surface area contributed by atoms with Crippen molar-refractivity contribution in [2.45, 2.75) is 4.87 Å². The van der Waals surface area contributed by atoms with E-state index in [2.05, 4.69) is 53.4 Å².